The predicted octanol–water partition coefficient (Wildman–Crippen LogP) is 3.71. The molecule has 1 fully saturated rings. The molecular formula is C16H28N4. The molecule has 0 aliphatic heterocycles. The molecule has 0 saturated heterocycles. The van der Waals surface area contributed by atoms with Crippen LogP contribution in [0, 0.1) is 11.8 Å². The maximum atomic E-state index is 4.55. The molecule has 0 aromatic carbocycles. The molecule has 20 heavy (non-hydrogen) atoms. The van der Waals surface area contributed by atoms with E-state index in [0.29, 0.717) is 0 Å². The third kappa shape index (κ3) is 4.09. The normalized spacial score (nSPS) is 22.6. The number of rotatable bonds is 6. The quantitative estimate of drug-likeness (QED) is 0.831. The van der Waals surface area contributed by atoms with Gasteiger partial charge in [-0.2, -0.15) is 0 Å². The summed E-state index contributed by atoms with van der Waals surface area (Å²) in [5.74, 6) is 4.52. The van der Waals surface area contributed by atoms with Crippen molar-refractivity contribution < 1.29 is 0 Å². The van der Waals surface area contributed by atoms with Crippen molar-refractivity contribution in [2.45, 2.75) is 52.4 Å². The van der Waals surface area contributed by atoms with Gasteiger partial charge < -0.3 is 10.6 Å². The Labute approximate surface area is 122 Å². The molecule has 2 N–H and O–H groups in total. The Morgan fingerprint density at radius 1 is 1.05 bits per heavy atom. The van der Waals surface area contributed by atoms with E-state index in [4.69, 9.17) is 0 Å². The highest BCUT2D eigenvalue weighted by atomic mass is 15.1. The van der Waals surface area contributed by atoms with Crippen LogP contribution in [0.5, 0.6) is 0 Å². The summed E-state index contributed by atoms with van der Waals surface area (Å²) in [4.78, 5) is 8.98. The van der Waals surface area contributed by atoms with Crippen LogP contribution in [0.15, 0.2) is 6.07 Å². The Hall–Kier alpha value is -1.32. The van der Waals surface area contributed by atoms with Gasteiger partial charge in [0.25, 0.3) is 0 Å². The Morgan fingerprint density at radius 3 is 2.30 bits per heavy atom. The summed E-state index contributed by atoms with van der Waals surface area (Å²) in [6, 6.07) is 2.00. The van der Waals surface area contributed by atoms with Gasteiger partial charge in [0.1, 0.15) is 17.5 Å². The lowest BCUT2D eigenvalue weighted by molar-refractivity contribution is 0.278. The van der Waals surface area contributed by atoms with Crippen molar-refractivity contribution in [1.29, 1.82) is 0 Å². The molecule has 1 saturated carbocycles. The van der Waals surface area contributed by atoms with E-state index in [1.165, 1.54) is 32.1 Å². The molecule has 1 heterocycles. The maximum absolute atomic E-state index is 4.55. The summed E-state index contributed by atoms with van der Waals surface area (Å²) in [5.41, 5.74) is 0. The lowest BCUT2D eigenvalue weighted by Gasteiger charge is -2.28. The molecule has 1 aliphatic carbocycles. The molecule has 2 rings (SSSR count). The van der Waals surface area contributed by atoms with Crippen molar-refractivity contribution in [3.8, 4) is 0 Å². The highest BCUT2D eigenvalue weighted by Gasteiger charge is 2.19. The summed E-state index contributed by atoms with van der Waals surface area (Å²) in [6.45, 7) is 5.44. The zero-order chi connectivity index (χ0) is 14.4. The van der Waals surface area contributed by atoms with E-state index in [0.717, 1.165) is 42.3 Å². The van der Waals surface area contributed by atoms with Crippen LogP contribution in [0.3, 0.4) is 0 Å². The van der Waals surface area contributed by atoms with E-state index in [1.807, 2.05) is 13.1 Å². The van der Waals surface area contributed by atoms with E-state index in [9.17, 15) is 0 Å². The topological polar surface area (TPSA) is 49.8 Å². The van der Waals surface area contributed by atoms with Gasteiger partial charge in [-0.3, -0.25) is 0 Å². The van der Waals surface area contributed by atoms with Gasteiger partial charge >= 0.3 is 0 Å². The molecule has 0 radical (unpaired) electrons. The van der Waals surface area contributed by atoms with Crippen LogP contribution in [0.25, 0.3) is 0 Å². The summed E-state index contributed by atoms with van der Waals surface area (Å²) >= 11 is 0. The third-order valence-corrected chi connectivity index (χ3v) is 4.46. The van der Waals surface area contributed by atoms with Crippen LogP contribution >= 0.6 is 0 Å². The minimum atomic E-state index is 0.802. The van der Waals surface area contributed by atoms with Crippen LogP contribution in [-0.2, 0) is 6.42 Å². The van der Waals surface area contributed by atoms with Crippen molar-refractivity contribution in [2.24, 2.45) is 11.8 Å². The fourth-order valence-electron chi connectivity index (χ4n) is 2.97. The first-order valence-electron chi connectivity index (χ1n) is 8.04. The van der Waals surface area contributed by atoms with Crippen molar-refractivity contribution in [1.82, 2.24) is 9.97 Å². The highest BCUT2D eigenvalue weighted by Crippen LogP contribution is 2.30. The smallest absolute Gasteiger partial charge is 0.132 e. The van der Waals surface area contributed by atoms with E-state index in [-0.39, 0.29) is 0 Å². The second kappa shape index (κ2) is 7.46. The lowest BCUT2D eigenvalue weighted by atomic mass is 9.81. The van der Waals surface area contributed by atoms with Crippen LogP contribution in [0.4, 0.5) is 11.6 Å². The van der Waals surface area contributed by atoms with Crippen LogP contribution in [0.1, 0.15) is 51.8 Å². The zero-order valence-corrected chi connectivity index (χ0v) is 13.1. The van der Waals surface area contributed by atoms with Crippen LogP contribution < -0.4 is 10.6 Å². The number of aryl methyl sites for hydroxylation is 1. The number of aromatic nitrogens is 2. The number of hydrogen-bond donors (Lipinski definition) is 2. The number of nitrogens with zero attached hydrogens (tertiary/aromatic N) is 2. The largest absolute Gasteiger partial charge is 0.373 e. The van der Waals surface area contributed by atoms with Gasteiger partial charge in [0.05, 0.1) is 0 Å². The Balaban J connectivity index is 1.87. The molecule has 0 amide bonds. The molecule has 0 bridgehead atoms. The highest BCUT2D eigenvalue weighted by molar-refractivity contribution is 5.47. The first-order chi connectivity index (χ1) is 9.75. The lowest BCUT2D eigenvalue weighted by Crippen LogP contribution is -2.21. The van der Waals surface area contributed by atoms with Gasteiger partial charge in [-0.25, -0.2) is 9.97 Å². The van der Waals surface area contributed by atoms with Crippen molar-refractivity contribution in [3.63, 3.8) is 0 Å². The minimum absolute atomic E-state index is 0.802. The summed E-state index contributed by atoms with van der Waals surface area (Å²) in [6.07, 6.45) is 7.72. The molecule has 1 aliphatic rings. The van der Waals surface area contributed by atoms with E-state index >= 15 is 0 Å². The van der Waals surface area contributed by atoms with E-state index in [2.05, 4.69) is 34.4 Å². The summed E-state index contributed by atoms with van der Waals surface area (Å²) in [5, 5.41) is 6.61. The monoisotopic (exact) mass is 276 g/mol. The molecule has 1 aromatic heterocycles. The zero-order valence-electron chi connectivity index (χ0n) is 13.1. The average molecular weight is 276 g/mol. The van der Waals surface area contributed by atoms with Crippen LogP contribution in [0.2, 0.25) is 0 Å². The Bertz CT molecular complexity index is 389. The fraction of sp³-hybridized carbons (Fsp3) is 0.750. The molecule has 112 valence electrons. The fourth-order valence-corrected chi connectivity index (χ4v) is 2.97. The first kappa shape index (κ1) is 15.1. The second-order valence-corrected chi connectivity index (χ2v) is 5.83. The van der Waals surface area contributed by atoms with Gasteiger partial charge in [-0.15, -0.1) is 0 Å². The summed E-state index contributed by atoms with van der Waals surface area (Å²) in [7, 11) is 1.90. The predicted molar refractivity (Wildman–Crippen MR) is 85.2 cm³/mol. The molecule has 4 heteroatoms. The SMILES string of the molecule is CCc1nc(NC)cc(NCC2CCC(CC)CC2)n1. The molecule has 0 unspecified atom stereocenters. The third-order valence-electron chi connectivity index (χ3n) is 4.46. The molecule has 0 spiro atoms. The van der Waals surface area contributed by atoms with Crippen molar-refractivity contribution >= 4 is 11.6 Å². The van der Waals surface area contributed by atoms with E-state index in [1.54, 1.807) is 0 Å². The van der Waals surface area contributed by atoms with Gasteiger partial charge in [0, 0.05) is 26.1 Å². The molecule has 0 atom stereocenters. The van der Waals surface area contributed by atoms with Gasteiger partial charge in [0.2, 0.25) is 0 Å². The average Bonchev–Trinajstić information content (AvgIpc) is 2.53. The number of anilines is 2. The minimum Gasteiger partial charge on any atom is -0.373 e. The summed E-state index contributed by atoms with van der Waals surface area (Å²) < 4.78 is 0. The Morgan fingerprint density at radius 2 is 1.70 bits per heavy atom. The van der Waals surface area contributed by atoms with E-state index < -0.39 is 0 Å². The molecule has 1 aromatic rings. The van der Waals surface area contributed by atoms with Gasteiger partial charge in [-0.05, 0) is 24.7 Å². The van der Waals surface area contributed by atoms with Crippen molar-refractivity contribution in [3.05, 3.63) is 11.9 Å². The number of nitrogens with one attached hydrogen (secondary N) is 2. The van der Waals surface area contributed by atoms with Crippen molar-refractivity contribution in [2.75, 3.05) is 24.2 Å². The molecular weight excluding hydrogens is 248 g/mol. The van der Waals surface area contributed by atoms with Crippen LogP contribution in [-0.4, -0.2) is 23.6 Å². The van der Waals surface area contributed by atoms with Gasteiger partial charge in [-0.1, -0.05) is 33.1 Å². The molecule has 4 nitrogen and oxygen atoms in total. The second-order valence-electron chi connectivity index (χ2n) is 5.83. The number of hydrogen-bond acceptors (Lipinski definition) is 4. The maximum Gasteiger partial charge on any atom is 0.132 e. The first-order valence-corrected chi connectivity index (χ1v) is 8.04. The standard InChI is InChI=1S/C16H28N4/c1-4-12-6-8-13(9-7-12)11-18-16-10-15(17-3)19-14(5-2)20-16/h10,12-13H,4-9,11H2,1-3H3,(H2,17,18,19,20). The van der Waals surface area contributed by atoms with Gasteiger partial charge in [0.15, 0.2) is 0 Å². The Kier molecular flexibility index (Phi) is 5.62.